The molecule has 0 unspecified atom stereocenters. The van der Waals surface area contributed by atoms with Gasteiger partial charge in [-0.3, -0.25) is 4.79 Å². The number of rotatable bonds is 2. The summed E-state index contributed by atoms with van der Waals surface area (Å²) in [4.78, 5) is 28.3. The van der Waals surface area contributed by atoms with E-state index in [1.54, 1.807) is 24.3 Å². The molecule has 3 aromatic rings. The summed E-state index contributed by atoms with van der Waals surface area (Å²) >= 11 is 3.34. The molecule has 0 aliphatic carbocycles. The first kappa shape index (κ1) is 11.8. The second-order valence-electron chi connectivity index (χ2n) is 3.89. The van der Waals surface area contributed by atoms with Crippen LogP contribution in [0.25, 0.3) is 11.0 Å². The van der Waals surface area contributed by atoms with Crippen molar-refractivity contribution in [1.82, 2.24) is 9.97 Å². The number of imidazole rings is 1. The number of hydrogen-bond donors (Lipinski definition) is 3. The Balaban J connectivity index is 1.98. The van der Waals surface area contributed by atoms with Crippen molar-refractivity contribution < 1.29 is 9.21 Å². The van der Waals surface area contributed by atoms with E-state index in [0.29, 0.717) is 21.2 Å². The molecule has 0 spiro atoms. The Kier molecular flexibility index (Phi) is 2.75. The topological polar surface area (TPSA) is 90.9 Å². The Bertz CT molecular complexity index is 801. The number of nitrogens with one attached hydrogen (secondary N) is 3. The zero-order valence-corrected chi connectivity index (χ0v) is 11.1. The predicted molar refractivity (Wildman–Crippen MR) is 73.3 cm³/mol. The number of fused-ring (bicyclic) bond motifs is 1. The quantitative estimate of drug-likeness (QED) is 0.677. The summed E-state index contributed by atoms with van der Waals surface area (Å²) in [5, 5.41) is 2.70. The van der Waals surface area contributed by atoms with E-state index in [4.69, 9.17) is 4.42 Å². The van der Waals surface area contributed by atoms with Gasteiger partial charge in [-0.2, -0.15) is 0 Å². The van der Waals surface area contributed by atoms with Gasteiger partial charge in [0.1, 0.15) is 0 Å². The number of anilines is 1. The average Bonchev–Trinajstić information content (AvgIpc) is 2.97. The lowest BCUT2D eigenvalue weighted by atomic mass is 10.2. The summed E-state index contributed by atoms with van der Waals surface area (Å²) in [5.74, 6) is -0.141. The zero-order valence-electron chi connectivity index (χ0n) is 9.49. The summed E-state index contributed by atoms with van der Waals surface area (Å²) in [6, 6.07) is 6.58. The number of aromatic nitrogens is 2. The number of carbonyl (C=O) groups is 1. The van der Waals surface area contributed by atoms with E-state index in [1.807, 2.05) is 0 Å². The smallest absolute Gasteiger partial charge is 0.323 e. The molecule has 0 bridgehead atoms. The fraction of sp³-hybridized carbons (Fsp3) is 0. The predicted octanol–water partition coefficient (Wildman–Crippen LogP) is 2.46. The van der Waals surface area contributed by atoms with E-state index in [9.17, 15) is 9.59 Å². The molecule has 6 nitrogen and oxygen atoms in total. The molecule has 1 amide bonds. The standard InChI is InChI=1S/C12H8BrN3O3/c13-6-4-8-9(16-12(18)15-8)5-7(6)14-11(17)10-2-1-3-19-10/h1-5H,(H,14,17)(H2,15,16,18). The van der Waals surface area contributed by atoms with Crippen molar-refractivity contribution in [2.24, 2.45) is 0 Å². The average molecular weight is 322 g/mol. The number of furan rings is 1. The molecule has 1 aromatic carbocycles. The van der Waals surface area contributed by atoms with Crippen LogP contribution >= 0.6 is 15.9 Å². The molecule has 3 N–H and O–H groups in total. The highest BCUT2D eigenvalue weighted by Gasteiger charge is 2.12. The van der Waals surface area contributed by atoms with Crippen molar-refractivity contribution in [3.8, 4) is 0 Å². The maximum Gasteiger partial charge on any atom is 0.323 e. The minimum Gasteiger partial charge on any atom is -0.459 e. The van der Waals surface area contributed by atoms with Gasteiger partial charge in [0.2, 0.25) is 0 Å². The molecule has 0 atom stereocenters. The molecule has 0 saturated carbocycles. The molecule has 96 valence electrons. The molecular formula is C12H8BrN3O3. The third kappa shape index (κ3) is 2.19. The van der Waals surface area contributed by atoms with Crippen molar-refractivity contribution in [1.29, 1.82) is 0 Å². The van der Waals surface area contributed by atoms with Crippen molar-refractivity contribution in [2.45, 2.75) is 0 Å². The van der Waals surface area contributed by atoms with Crippen LogP contribution in [0.15, 0.2) is 44.2 Å². The molecule has 2 aromatic heterocycles. The zero-order chi connectivity index (χ0) is 13.4. The first-order valence-electron chi connectivity index (χ1n) is 5.40. The van der Waals surface area contributed by atoms with Gasteiger partial charge < -0.3 is 19.7 Å². The van der Waals surface area contributed by atoms with Crippen LogP contribution in [0, 0.1) is 0 Å². The van der Waals surface area contributed by atoms with Crippen molar-refractivity contribution in [3.05, 3.63) is 51.2 Å². The van der Waals surface area contributed by atoms with Crippen LogP contribution in [-0.4, -0.2) is 15.9 Å². The van der Waals surface area contributed by atoms with Crippen LogP contribution in [0.4, 0.5) is 5.69 Å². The minimum absolute atomic E-state index is 0.217. The van der Waals surface area contributed by atoms with Crippen LogP contribution in [0.1, 0.15) is 10.6 Å². The van der Waals surface area contributed by atoms with Crippen LogP contribution in [-0.2, 0) is 0 Å². The van der Waals surface area contributed by atoms with Gasteiger partial charge in [-0.1, -0.05) is 0 Å². The summed E-state index contributed by atoms with van der Waals surface area (Å²) in [5.41, 5.74) is 1.52. The summed E-state index contributed by atoms with van der Waals surface area (Å²) < 4.78 is 5.67. The van der Waals surface area contributed by atoms with Gasteiger partial charge in [-0.05, 0) is 40.2 Å². The van der Waals surface area contributed by atoms with Gasteiger partial charge in [0.05, 0.1) is 23.0 Å². The monoisotopic (exact) mass is 321 g/mol. The fourth-order valence-electron chi connectivity index (χ4n) is 1.74. The molecule has 0 fully saturated rings. The van der Waals surface area contributed by atoms with Crippen LogP contribution in [0.3, 0.4) is 0 Å². The number of carbonyl (C=O) groups excluding carboxylic acids is 1. The summed E-state index contributed by atoms with van der Waals surface area (Å²) in [6.07, 6.45) is 1.43. The van der Waals surface area contributed by atoms with Gasteiger partial charge >= 0.3 is 5.69 Å². The van der Waals surface area contributed by atoms with E-state index in [1.165, 1.54) is 6.26 Å². The Morgan fingerprint density at radius 2 is 2.00 bits per heavy atom. The second kappa shape index (κ2) is 4.43. The minimum atomic E-state index is -0.358. The molecule has 0 aliphatic heterocycles. The van der Waals surface area contributed by atoms with Crippen molar-refractivity contribution >= 4 is 38.6 Å². The summed E-state index contributed by atoms with van der Waals surface area (Å²) in [7, 11) is 0. The molecule has 0 saturated heterocycles. The Hall–Kier alpha value is -2.28. The van der Waals surface area contributed by atoms with E-state index in [2.05, 4.69) is 31.2 Å². The van der Waals surface area contributed by atoms with E-state index < -0.39 is 0 Å². The van der Waals surface area contributed by atoms with Crippen LogP contribution in [0.2, 0.25) is 0 Å². The third-order valence-corrected chi connectivity index (χ3v) is 3.25. The number of H-pyrrole nitrogens is 2. The maximum atomic E-state index is 11.9. The normalized spacial score (nSPS) is 10.8. The van der Waals surface area contributed by atoms with Crippen LogP contribution < -0.4 is 11.0 Å². The van der Waals surface area contributed by atoms with Gasteiger partial charge in [-0.15, -0.1) is 0 Å². The van der Waals surface area contributed by atoms with E-state index >= 15 is 0 Å². The molecule has 0 aliphatic rings. The lowest BCUT2D eigenvalue weighted by Crippen LogP contribution is -2.11. The van der Waals surface area contributed by atoms with Gasteiger partial charge in [0.15, 0.2) is 5.76 Å². The van der Waals surface area contributed by atoms with Crippen molar-refractivity contribution in [2.75, 3.05) is 5.32 Å². The Labute approximate surface area is 114 Å². The number of benzene rings is 1. The first-order valence-corrected chi connectivity index (χ1v) is 6.19. The van der Waals surface area contributed by atoms with E-state index in [0.717, 1.165) is 0 Å². The molecule has 2 heterocycles. The van der Waals surface area contributed by atoms with Gasteiger partial charge in [0, 0.05) is 4.47 Å². The lowest BCUT2D eigenvalue weighted by Gasteiger charge is -2.05. The molecule has 19 heavy (non-hydrogen) atoms. The third-order valence-electron chi connectivity index (χ3n) is 2.60. The largest absolute Gasteiger partial charge is 0.459 e. The highest BCUT2D eigenvalue weighted by atomic mass is 79.9. The lowest BCUT2D eigenvalue weighted by molar-refractivity contribution is 0.0996. The number of halogens is 1. The molecule has 7 heteroatoms. The fourth-order valence-corrected chi connectivity index (χ4v) is 2.19. The van der Waals surface area contributed by atoms with Crippen molar-refractivity contribution in [3.63, 3.8) is 0 Å². The summed E-state index contributed by atoms with van der Waals surface area (Å²) in [6.45, 7) is 0. The second-order valence-corrected chi connectivity index (χ2v) is 4.74. The molecule has 0 radical (unpaired) electrons. The van der Waals surface area contributed by atoms with E-state index in [-0.39, 0.29) is 17.4 Å². The van der Waals surface area contributed by atoms with Crippen LogP contribution in [0.5, 0.6) is 0 Å². The SMILES string of the molecule is O=C(Nc1cc2[nH]c(=O)[nH]c2cc1Br)c1ccco1. The molecule has 3 rings (SSSR count). The highest BCUT2D eigenvalue weighted by molar-refractivity contribution is 9.10. The Morgan fingerprint density at radius 1 is 1.26 bits per heavy atom. The van der Waals surface area contributed by atoms with Gasteiger partial charge in [0.25, 0.3) is 5.91 Å². The Morgan fingerprint density at radius 3 is 2.68 bits per heavy atom. The highest BCUT2D eigenvalue weighted by Crippen LogP contribution is 2.26. The number of amides is 1. The molecular weight excluding hydrogens is 314 g/mol. The number of hydrogen-bond acceptors (Lipinski definition) is 3. The first-order chi connectivity index (χ1) is 9.13. The maximum absolute atomic E-state index is 11.9. The van der Waals surface area contributed by atoms with Gasteiger partial charge in [-0.25, -0.2) is 4.79 Å². The number of aromatic amines is 2.